The van der Waals surface area contributed by atoms with Gasteiger partial charge < -0.3 is 19.9 Å². The van der Waals surface area contributed by atoms with Crippen LogP contribution in [-0.4, -0.2) is 32.8 Å². The lowest BCUT2D eigenvalue weighted by Gasteiger charge is -2.14. The molecule has 0 radical (unpaired) electrons. The van der Waals surface area contributed by atoms with Gasteiger partial charge in [0.05, 0.1) is 14.2 Å². The fourth-order valence-corrected chi connectivity index (χ4v) is 1.85. The highest BCUT2D eigenvalue weighted by Gasteiger charge is 2.13. The molecule has 0 aliphatic heterocycles. The summed E-state index contributed by atoms with van der Waals surface area (Å²) in [5, 5.41) is 0. The summed E-state index contributed by atoms with van der Waals surface area (Å²) in [6.07, 6.45) is 1.10. The van der Waals surface area contributed by atoms with Crippen LogP contribution in [-0.2, 0) is 16.0 Å². The summed E-state index contributed by atoms with van der Waals surface area (Å²) in [7, 11) is 2.68. The number of ether oxygens (including phenoxy) is 3. The Morgan fingerprint density at radius 3 is 2.57 bits per heavy atom. The van der Waals surface area contributed by atoms with Gasteiger partial charge in [-0.05, 0) is 30.5 Å². The molecular formula is C14H19F2NO4. The number of halogens is 2. The summed E-state index contributed by atoms with van der Waals surface area (Å²) in [5.41, 5.74) is 6.63. The zero-order chi connectivity index (χ0) is 15.8. The lowest BCUT2D eigenvalue weighted by Crippen LogP contribution is -2.24. The van der Waals surface area contributed by atoms with Gasteiger partial charge in [0, 0.05) is 12.5 Å². The Labute approximate surface area is 122 Å². The van der Waals surface area contributed by atoms with E-state index in [0.29, 0.717) is 12.8 Å². The molecule has 7 heteroatoms. The molecule has 0 saturated carbocycles. The number of carbonyl (C=O) groups excluding carboxylic acids is 1. The third-order valence-electron chi connectivity index (χ3n) is 2.89. The molecule has 0 aliphatic carbocycles. The monoisotopic (exact) mass is 303 g/mol. The van der Waals surface area contributed by atoms with Crippen LogP contribution in [0.4, 0.5) is 8.78 Å². The molecule has 118 valence electrons. The molecule has 0 spiro atoms. The molecule has 0 fully saturated rings. The normalized spacial score (nSPS) is 12.1. The van der Waals surface area contributed by atoms with Gasteiger partial charge in [0.15, 0.2) is 11.5 Å². The SMILES string of the molecule is COC(=O)CCC(N)Cc1ccc(OC)c(OC(F)F)c1. The van der Waals surface area contributed by atoms with Crippen LogP contribution in [0.2, 0.25) is 0 Å². The summed E-state index contributed by atoms with van der Waals surface area (Å²) >= 11 is 0. The molecule has 0 amide bonds. The largest absolute Gasteiger partial charge is 0.493 e. The third kappa shape index (κ3) is 5.95. The van der Waals surface area contributed by atoms with Crippen LogP contribution >= 0.6 is 0 Å². The second-order valence-electron chi connectivity index (χ2n) is 4.44. The van der Waals surface area contributed by atoms with Gasteiger partial charge in [-0.3, -0.25) is 4.79 Å². The van der Waals surface area contributed by atoms with E-state index in [1.165, 1.54) is 20.3 Å². The molecule has 1 unspecified atom stereocenters. The number of hydrogen-bond acceptors (Lipinski definition) is 5. The number of benzene rings is 1. The summed E-state index contributed by atoms with van der Waals surface area (Å²) in [6, 6.07) is 4.44. The lowest BCUT2D eigenvalue weighted by atomic mass is 10.0. The molecule has 0 aromatic heterocycles. The van der Waals surface area contributed by atoms with E-state index in [0.717, 1.165) is 5.56 Å². The van der Waals surface area contributed by atoms with E-state index in [4.69, 9.17) is 10.5 Å². The molecule has 1 rings (SSSR count). The van der Waals surface area contributed by atoms with Crippen molar-refractivity contribution in [1.29, 1.82) is 0 Å². The maximum absolute atomic E-state index is 12.3. The van der Waals surface area contributed by atoms with Gasteiger partial charge in [-0.15, -0.1) is 0 Å². The molecular weight excluding hydrogens is 284 g/mol. The van der Waals surface area contributed by atoms with Crippen molar-refractivity contribution < 1.29 is 27.8 Å². The van der Waals surface area contributed by atoms with Crippen molar-refractivity contribution in [1.82, 2.24) is 0 Å². The highest BCUT2D eigenvalue weighted by atomic mass is 19.3. The van der Waals surface area contributed by atoms with Crippen LogP contribution in [0.15, 0.2) is 18.2 Å². The molecule has 5 nitrogen and oxygen atoms in total. The number of nitrogens with two attached hydrogens (primary N) is 1. The molecule has 21 heavy (non-hydrogen) atoms. The van der Waals surface area contributed by atoms with Crippen molar-refractivity contribution in [3.05, 3.63) is 23.8 Å². The van der Waals surface area contributed by atoms with E-state index in [2.05, 4.69) is 9.47 Å². The molecule has 2 N–H and O–H groups in total. The first-order chi connectivity index (χ1) is 9.96. The van der Waals surface area contributed by atoms with Crippen molar-refractivity contribution in [2.24, 2.45) is 5.73 Å². The Kier molecular flexibility index (Phi) is 6.87. The zero-order valence-electron chi connectivity index (χ0n) is 12.0. The van der Waals surface area contributed by atoms with Crippen LogP contribution in [0.25, 0.3) is 0 Å². The standard InChI is InChI=1S/C14H19F2NO4/c1-19-11-5-3-9(8-12(11)21-14(15)16)7-10(17)4-6-13(18)20-2/h3,5,8,10,14H,4,6-7,17H2,1-2H3. The van der Waals surface area contributed by atoms with E-state index >= 15 is 0 Å². The second kappa shape index (κ2) is 8.41. The van der Waals surface area contributed by atoms with Gasteiger partial charge in [-0.25, -0.2) is 0 Å². The van der Waals surface area contributed by atoms with E-state index in [9.17, 15) is 13.6 Å². The van der Waals surface area contributed by atoms with E-state index in [-0.39, 0.29) is 29.9 Å². The molecule has 1 aromatic carbocycles. The topological polar surface area (TPSA) is 70.8 Å². The average Bonchev–Trinajstić information content (AvgIpc) is 2.44. The quantitative estimate of drug-likeness (QED) is 0.745. The van der Waals surface area contributed by atoms with E-state index in [1.54, 1.807) is 12.1 Å². The van der Waals surface area contributed by atoms with Crippen molar-refractivity contribution >= 4 is 5.97 Å². The first-order valence-electron chi connectivity index (χ1n) is 6.40. The highest BCUT2D eigenvalue weighted by Crippen LogP contribution is 2.30. The van der Waals surface area contributed by atoms with Crippen LogP contribution in [0.1, 0.15) is 18.4 Å². The van der Waals surface area contributed by atoms with Gasteiger partial charge in [0.1, 0.15) is 0 Å². The van der Waals surface area contributed by atoms with Crippen molar-refractivity contribution in [2.45, 2.75) is 31.9 Å². The summed E-state index contributed by atoms with van der Waals surface area (Å²) < 4.78 is 38.5. The first kappa shape index (κ1) is 17.2. The number of alkyl halides is 2. The minimum absolute atomic E-state index is 0.0369. The number of rotatable bonds is 8. The zero-order valence-corrected chi connectivity index (χ0v) is 12.0. The third-order valence-corrected chi connectivity index (χ3v) is 2.89. The maximum Gasteiger partial charge on any atom is 0.387 e. The second-order valence-corrected chi connectivity index (χ2v) is 4.44. The minimum Gasteiger partial charge on any atom is -0.493 e. The van der Waals surface area contributed by atoms with Crippen molar-refractivity contribution in [3.63, 3.8) is 0 Å². The maximum atomic E-state index is 12.3. The number of esters is 1. The lowest BCUT2D eigenvalue weighted by molar-refractivity contribution is -0.140. The fourth-order valence-electron chi connectivity index (χ4n) is 1.85. The van der Waals surface area contributed by atoms with Crippen molar-refractivity contribution in [3.8, 4) is 11.5 Å². The summed E-state index contributed by atoms with van der Waals surface area (Å²) in [5.74, 6) is -0.144. The molecule has 0 aliphatic rings. The summed E-state index contributed by atoms with van der Waals surface area (Å²) in [6.45, 7) is -2.93. The van der Waals surface area contributed by atoms with Crippen molar-refractivity contribution in [2.75, 3.05) is 14.2 Å². The van der Waals surface area contributed by atoms with Gasteiger partial charge in [-0.2, -0.15) is 8.78 Å². The van der Waals surface area contributed by atoms with Crippen LogP contribution < -0.4 is 15.2 Å². The van der Waals surface area contributed by atoms with Crippen LogP contribution in [0.5, 0.6) is 11.5 Å². The number of hydrogen-bond donors (Lipinski definition) is 1. The highest BCUT2D eigenvalue weighted by molar-refractivity contribution is 5.69. The van der Waals surface area contributed by atoms with Gasteiger partial charge in [-0.1, -0.05) is 6.07 Å². The fraction of sp³-hybridized carbons (Fsp3) is 0.500. The predicted molar refractivity (Wildman–Crippen MR) is 72.6 cm³/mol. The Morgan fingerprint density at radius 2 is 2.00 bits per heavy atom. The molecule has 1 atom stereocenters. The minimum atomic E-state index is -2.93. The van der Waals surface area contributed by atoms with Crippen LogP contribution in [0.3, 0.4) is 0 Å². The smallest absolute Gasteiger partial charge is 0.387 e. The number of carbonyl (C=O) groups is 1. The molecule has 0 heterocycles. The Hall–Kier alpha value is -1.89. The molecule has 0 bridgehead atoms. The Balaban J connectivity index is 2.68. The van der Waals surface area contributed by atoms with Crippen LogP contribution in [0, 0.1) is 0 Å². The Bertz CT molecular complexity index is 468. The van der Waals surface area contributed by atoms with Gasteiger partial charge in [0.25, 0.3) is 0 Å². The van der Waals surface area contributed by atoms with Gasteiger partial charge in [0.2, 0.25) is 0 Å². The van der Waals surface area contributed by atoms with E-state index < -0.39 is 6.61 Å². The first-order valence-corrected chi connectivity index (χ1v) is 6.40. The van der Waals surface area contributed by atoms with Gasteiger partial charge >= 0.3 is 12.6 Å². The number of methoxy groups -OCH3 is 2. The average molecular weight is 303 g/mol. The molecule has 1 aromatic rings. The Morgan fingerprint density at radius 1 is 1.29 bits per heavy atom. The molecule has 0 saturated heterocycles. The van der Waals surface area contributed by atoms with E-state index in [1.807, 2.05) is 0 Å². The summed E-state index contributed by atoms with van der Waals surface area (Å²) in [4.78, 5) is 11.0. The predicted octanol–water partition coefficient (Wildman–Crippen LogP) is 2.12.